The minimum Gasteiger partial charge on any atom is -0.311 e. The third-order valence-corrected chi connectivity index (χ3v) is 5.19. The van der Waals surface area contributed by atoms with Crippen molar-refractivity contribution in [3.63, 3.8) is 0 Å². The second kappa shape index (κ2) is 8.26. The fraction of sp³-hybridized carbons (Fsp3) is 1.00. The van der Waals surface area contributed by atoms with Crippen molar-refractivity contribution in [2.24, 2.45) is 5.92 Å². The predicted molar refractivity (Wildman–Crippen MR) is 83.5 cm³/mol. The Morgan fingerprint density at radius 2 is 1.79 bits per heavy atom. The van der Waals surface area contributed by atoms with Crippen molar-refractivity contribution in [3.8, 4) is 0 Å². The minimum absolute atomic E-state index is 0.794. The van der Waals surface area contributed by atoms with Gasteiger partial charge in [0, 0.05) is 12.1 Å². The first-order chi connectivity index (χ1) is 9.31. The molecule has 2 heteroatoms. The Bertz CT molecular complexity index is 241. The zero-order valence-corrected chi connectivity index (χ0v) is 13.2. The second-order valence-electron chi connectivity index (χ2n) is 6.77. The maximum absolute atomic E-state index is 4.00. The highest BCUT2D eigenvalue weighted by Gasteiger charge is 2.24. The van der Waals surface area contributed by atoms with Gasteiger partial charge in [-0.3, -0.25) is 0 Å². The molecule has 0 aromatic rings. The number of hydrogen-bond donors (Lipinski definition) is 1. The number of rotatable bonds is 5. The summed E-state index contributed by atoms with van der Waals surface area (Å²) in [4.78, 5) is 2.66. The molecule has 112 valence electrons. The quantitative estimate of drug-likeness (QED) is 0.814. The largest absolute Gasteiger partial charge is 0.311 e. The number of hydrogen-bond acceptors (Lipinski definition) is 2. The summed E-state index contributed by atoms with van der Waals surface area (Å²) < 4.78 is 0. The zero-order chi connectivity index (χ0) is 13.5. The lowest BCUT2D eigenvalue weighted by Crippen LogP contribution is -2.41. The van der Waals surface area contributed by atoms with Crippen LogP contribution in [-0.4, -0.2) is 36.6 Å². The van der Waals surface area contributed by atoms with Gasteiger partial charge in [-0.1, -0.05) is 33.1 Å². The van der Waals surface area contributed by atoms with Crippen LogP contribution in [0, 0.1) is 5.92 Å². The first-order valence-electron chi connectivity index (χ1n) is 8.80. The van der Waals surface area contributed by atoms with Crippen molar-refractivity contribution in [2.45, 2.75) is 83.7 Å². The summed E-state index contributed by atoms with van der Waals surface area (Å²) in [6.45, 7) is 8.60. The summed E-state index contributed by atoms with van der Waals surface area (Å²) in [6.07, 6.45) is 12.6. The van der Waals surface area contributed by atoms with E-state index in [1.807, 2.05) is 0 Å². The summed E-state index contributed by atoms with van der Waals surface area (Å²) in [5.41, 5.74) is 0. The molecular formula is C17H34N2. The van der Waals surface area contributed by atoms with Gasteiger partial charge in [0.15, 0.2) is 0 Å². The van der Waals surface area contributed by atoms with Crippen LogP contribution in [0.15, 0.2) is 0 Å². The van der Waals surface area contributed by atoms with E-state index in [1.54, 1.807) is 0 Å². The van der Waals surface area contributed by atoms with Crippen LogP contribution < -0.4 is 5.32 Å². The number of likely N-dealkylation sites (tertiary alicyclic amines) is 1. The molecule has 0 spiro atoms. The summed E-state index contributed by atoms with van der Waals surface area (Å²) in [7, 11) is 0. The predicted octanol–water partition coefficient (Wildman–Crippen LogP) is 3.81. The first-order valence-corrected chi connectivity index (χ1v) is 8.80. The number of nitrogens with one attached hydrogen (secondary N) is 1. The zero-order valence-electron chi connectivity index (χ0n) is 13.2. The minimum atomic E-state index is 0.794. The molecule has 19 heavy (non-hydrogen) atoms. The lowest BCUT2D eigenvalue weighted by Gasteiger charge is -2.32. The molecule has 1 aliphatic heterocycles. The standard InChI is InChI=1S/C17H34N2/c1-3-11-19-12-6-9-16(10-13-19)18-17-8-5-7-15(4-2)14-17/h15-18H,3-14H2,1-2H3. The maximum atomic E-state index is 4.00. The highest BCUT2D eigenvalue weighted by Crippen LogP contribution is 2.27. The van der Waals surface area contributed by atoms with E-state index in [1.165, 1.54) is 77.4 Å². The molecule has 0 aromatic heterocycles. The van der Waals surface area contributed by atoms with E-state index in [0.717, 1.165) is 18.0 Å². The molecule has 2 aliphatic rings. The fourth-order valence-electron chi connectivity index (χ4n) is 4.01. The molecule has 1 heterocycles. The van der Waals surface area contributed by atoms with Crippen LogP contribution in [0.3, 0.4) is 0 Å². The Labute approximate surface area is 120 Å². The summed E-state index contributed by atoms with van der Waals surface area (Å²) in [5.74, 6) is 0.994. The van der Waals surface area contributed by atoms with Crippen LogP contribution in [0.2, 0.25) is 0 Å². The van der Waals surface area contributed by atoms with Crippen molar-refractivity contribution < 1.29 is 0 Å². The lowest BCUT2D eigenvalue weighted by atomic mass is 9.83. The Morgan fingerprint density at radius 1 is 0.947 bits per heavy atom. The van der Waals surface area contributed by atoms with Crippen molar-refractivity contribution in [1.82, 2.24) is 10.2 Å². The molecule has 2 rings (SSSR count). The van der Waals surface area contributed by atoms with Gasteiger partial charge in [-0.15, -0.1) is 0 Å². The molecular weight excluding hydrogens is 232 g/mol. The van der Waals surface area contributed by atoms with Gasteiger partial charge in [-0.25, -0.2) is 0 Å². The van der Waals surface area contributed by atoms with Crippen LogP contribution in [0.5, 0.6) is 0 Å². The van der Waals surface area contributed by atoms with E-state index in [-0.39, 0.29) is 0 Å². The van der Waals surface area contributed by atoms with Gasteiger partial charge in [-0.2, -0.15) is 0 Å². The molecule has 1 aliphatic carbocycles. The molecule has 2 nitrogen and oxygen atoms in total. The van der Waals surface area contributed by atoms with Crippen LogP contribution in [-0.2, 0) is 0 Å². The molecule has 1 saturated heterocycles. The smallest absolute Gasteiger partial charge is 0.00823 e. The van der Waals surface area contributed by atoms with Crippen LogP contribution in [0.4, 0.5) is 0 Å². The summed E-state index contributed by atoms with van der Waals surface area (Å²) in [5, 5.41) is 4.00. The Balaban J connectivity index is 1.73. The summed E-state index contributed by atoms with van der Waals surface area (Å²) in [6, 6.07) is 1.61. The monoisotopic (exact) mass is 266 g/mol. The molecule has 0 amide bonds. The third-order valence-electron chi connectivity index (χ3n) is 5.19. The maximum Gasteiger partial charge on any atom is 0.00823 e. The lowest BCUT2D eigenvalue weighted by molar-refractivity contribution is 0.249. The van der Waals surface area contributed by atoms with E-state index in [0.29, 0.717) is 0 Å². The van der Waals surface area contributed by atoms with Crippen molar-refractivity contribution in [1.29, 1.82) is 0 Å². The molecule has 1 N–H and O–H groups in total. The normalized spacial score (nSPS) is 34.1. The van der Waals surface area contributed by atoms with Crippen LogP contribution in [0.1, 0.15) is 71.6 Å². The highest BCUT2D eigenvalue weighted by molar-refractivity contribution is 4.83. The van der Waals surface area contributed by atoms with E-state index in [4.69, 9.17) is 0 Å². The van der Waals surface area contributed by atoms with Gasteiger partial charge in [0.25, 0.3) is 0 Å². The van der Waals surface area contributed by atoms with E-state index in [9.17, 15) is 0 Å². The molecule has 0 bridgehead atoms. The van der Waals surface area contributed by atoms with Crippen molar-refractivity contribution in [2.75, 3.05) is 19.6 Å². The first kappa shape index (κ1) is 15.3. The second-order valence-corrected chi connectivity index (χ2v) is 6.77. The van der Waals surface area contributed by atoms with E-state index in [2.05, 4.69) is 24.1 Å². The average molecular weight is 266 g/mol. The SMILES string of the molecule is CCCN1CCCC(NC2CCCC(CC)C2)CC1. The van der Waals surface area contributed by atoms with Crippen molar-refractivity contribution in [3.05, 3.63) is 0 Å². The third kappa shape index (κ3) is 5.07. The Morgan fingerprint density at radius 3 is 2.58 bits per heavy atom. The highest BCUT2D eigenvalue weighted by atomic mass is 15.1. The van der Waals surface area contributed by atoms with Crippen LogP contribution >= 0.6 is 0 Å². The Kier molecular flexibility index (Phi) is 6.66. The average Bonchev–Trinajstić information content (AvgIpc) is 2.65. The molecule has 0 radical (unpaired) electrons. The molecule has 0 aromatic carbocycles. The number of nitrogens with zero attached hydrogens (tertiary/aromatic N) is 1. The fourth-order valence-corrected chi connectivity index (χ4v) is 4.01. The van der Waals surface area contributed by atoms with Crippen molar-refractivity contribution >= 4 is 0 Å². The van der Waals surface area contributed by atoms with Gasteiger partial charge in [0.1, 0.15) is 0 Å². The van der Waals surface area contributed by atoms with E-state index >= 15 is 0 Å². The molecule has 3 atom stereocenters. The molecule has 3 unspecified atom stereocenters. The summed E-state index contributed by atoms with van der Waals surface area (Å²) >= 11 is 0. The van der Waals surface area contributed by atoms with Gasteiger partial charge in [-0.05, 0) is 64.1 Å². The van der Waals surface area contributed by atoms with Gasteiger partial charge in [0.2, 0.25) is 0 Å². The molecule has 2 fully saturated rings. The Hall–Kier alpha value is -0.0800. The van der Waals surface area contributed by atoms with E-state index < -0.39 is 0 Å². The molecule has 1 saturated carbocycles. The van der Waals surface area contributed by atoms with Gasteiger partial charge < -0.3 is 10.2 Å². The topological polar surface area (TPSA) is 15.3 Å². The van der Waals surface area contributed by atoms with Gasteiger partial charge in [0.05, 0.1) is 0 Å². The van der Waals surface area contributed by atoms with Crippen LogP contribution in [0.25, 0.3) is 0 Å². The van der Waals surface area contributed by atoms with Gasteiger partial charge >= 0.3 is 0 Å².